The fraction of sp³-hybridized carbons (Fsp3) is 0.600. The van der Waals surface area contributed by atoms with Crippen LogP contribution in [-0.4, -0.2) is 36.2 Å². The highest BCUT2D eigenvalue weighted by Crippen LogP contribution is 2.03. The van der Waals surface area contributed by atoms with Gasteiger partial charge < -0.3 is 10.1 Å². The molecule has 0 bridgehead atoms. The van der Waals surface area contributed by atoms with Gasteiger partial charge in [-0.05, 0) is 19.9 Å². The van der Waals surface area contributed by atoms with Crippen molar-refractivity contribution in [3.05, 3.63) is 17.5 Å². The van der Waals surface area contributed by atoms with Crippen molar-refractivity contribution in [1.82, 2.24) is 9.97 Å². The van der Waals surface area contributed by atoms with Gasteiger partial charge in [0.2, 0.25) is 5.95 Å². The van der Waals surface area contributed by atoms with Crippen LogP contribution in [0.15, 0.2) is 6.07 Å². The van der Waals surface area contributed by atoms with E-state index in [0.717, 1.165) is 11.4 Å². The summed E-state index contributed by atoms with van der Waals surface area (Å²) in [7, 11) is 0. The van der Waals surface area contributed by atoms with Gasteiger partial charge in [-0.15, -0.1) is 0 Å². The largest absolute Gasteiger partial charge is 0.374 e. The van der Waals surface area contributed by atoms with Crippen molar-refractivity contribution >= 4 is 5.95 Å². The molecule has 6 heteroatoms. The SMILES string of the molecule is Cc1cc(C)nc(NCCOCC(F)F)n1. The Kier molecular flexibility index (Phi) is 5.04. The third kappa shape index (κ3) is 4.97. The van der Waals surface area contributed by atoms with Crippen LogP contribution in [0.4, 0.5) is 14.7 Å². The summed E-state index contributed by atoms with van der Waals surface area (Å²) in [5, 5.41) is 2.91. The Morgan fingerprint density at radius 3 is 2.50 bits per heavy atom. The molecule has 16 heavy (non-hydrogen) atoms. The van der Waals surface area contributed by atoms with Gasteiger partial charge in [0, 0.05) is 17.9 Å². The molecule has 0 spiro atoms. The third-order valence-corrected chi connectivity index (χ3v) is 1.76. The monoisotopic (exact) mass is 231 g/mol. The summed E-state index contributed by atoms with van der Waals surface area (Å²) in [4.78, 5) is 8.28. The van der Waals surface area contributed by atoms with Crippen LogP contribution in [0.5, 0.6) is 0 Å². The Labute approximate surface area is 93.1 Å². The lowest BCUT2D eigenvalue weighted by Gasteiger charge is -2.07. The summed E-state index contributed by atoms with van der Waals surface area (Å²) in [5.74, 6) is 0.498. The molecule has 0 aliphatic rings. The van der Waals surface area contributed by atoms with Crippen molar-refractivity contribution in [3.63, 3.8) is 0 Å². The van der Waals surface area contributed by atoms with E-state index in [0.29, 0.717) is 12.5 Å². The van der Waals surface area contributed by atoms with E-state index in [-0.39, 0.29) is 6.61 Å². The fourth-order valence-electron chi connectivity index (χ4n) is 1.21. The Hall–Kier alpha value is -1.30. The smallest absolute Gasteiger partial charge is 0.261 e. The standard InChI is InChI=1S/C10H15F2N3O/c1-7-5-8(2)15-10(14-7)13-3-4-16-6-9(11)12/h5,9H,3-4,6H2,1-2H3,(H,13,14,15). The molecule has 0 saturated carbocycles. The van der Waals surface area contributed by atoms with E-state index >= 15 is 0 Å². The molecule has 0 atom stereocenters. The highest BCUT2D eigenvalue weighted by atomic mass is 19.3. The van der Waals surface area contributed by atoms with Crippen LogP contribution in [0, 0.1) is 13.8 Å². The van der Waals surface area contributed by atoms with Crippen LogP contribution in [0.3, 0.4) is 0 Å². The third-order valence-electron chi connectivity index (χ3n) is 1.76. The second kappa shape index (κ2) is 6.32. The molecule has 0 aliphatic carbocycles. The summed E-state index contributed by atoms with van der Waals surface area (Å²) in [6.45, 7) is 3.83. The second-order valence-electron chi connectivity index (χ2n) is 3.37. The molecule has 0 aliphatic heterocycles. The van der Waals surface area contributed by atoms with E-state index in [1.165, 1.54) is 0 Å². The highest BCUT2D eigenvalue weighted by Gasteiger charge is 2.02. The molecule has 0 radical (unpaired) electrons. The van der Waals surface area contributed by atoms with Crippen LogP contribution < -0.4 is 5.32 Å². The fourth-order valence-corrected chi connectivity index (χ4v) is 1.21. The predicted octanol–water partition coefficient (Wildman–Crippen LogP) is 1.79. The van der Waals surface area contributed by atoms with Crippen molar-refractivity contribution in [2.24, 2.45) is 0 Å². The van der Waals surface area contributed by atoms with Gasteiger partial charge in [-0.25, -0.2) is 18.7 Å². The molecular formula is C10H15F2N3O. The lowest BCUT2D eigenvalue weighted by atomic mass is 10.4. The number of nitrogens with one attached hydrogen (secondary N) is 1. The molecule has 1 N–H and O–H groups in total. The van der Waals surface area contributed by atoms with Gasteiger partial charge in [0.1, 0.15) is 6.61 Å². The van der Waals surface area contributed by atoms with Crippen molar-refractivity contribution in [1.29, 1.82) is 0 Å². The van der Waals surface area contributed by atoms with E-state index in [4.69, 9.17) is 4.74 Å². The first-order chi connectivity index (χ1) is 7.58. The molecule has 4 nitrogen and oxygen atoms in total. The van der Waals surface area contributed by atoms with E-state index in [9.17, 15) is 8.78 Å². The molecule has 1 aromatic heterocycles. The first kappa shape index (κ1) is 12.8. The molecule has 0 unspecified atom stereocenters. The average Bonchev–Trinajstić information content (AvgIpc) is 2.15. The maximum Gasteiger partial charge on any atom is 0.261 e. The van der Waals surface area contributed by atoms with Crippen molar-refractivity contribution in [2.75, 3.05) is 25.1 Å². The van der Waals surface area contributed by atoms with Crippen molar-refractivity contribution in [3.8, 4) is 0 Å². The first-order valence-electron chi connectivity index (χ1n) is 5.00. The Bertz CT molecular complexity index is 314. The zero-order chi connectivity index (χ0) is 12.0. The molecule has 0 saturated heterocycles. The van der Waals surface area contributed by atoms with E-state index in [1.807, 2.05) is 19.9 Å². The molecule has 0 amide bonds. The van der Waals surface area contributed by atoms with Gasteiger partial charge >= 0.3 is 0 Å². The Morgan fingerprint density at radius 1 is 1.31 bits per heavy atom. The minimum absolute atomic E-state index is 0.209. The number of alkyl halides is 2. The van der Waals surface area contributed by atoms with Crippen LogP contribution in [-0.2, 0) is 4.74 Å². The lowest BCUT2D eigenvalue weighted by Crippen LogP contribution is -2.14. The van der Waals surface area contributed by atoms with E-state index < -0.39 is 13.0 Å². The molecule has 1 rings (SSSR count). The number of ether oxygens (including phenoxy) is 1. The quantitative estimate of drug-likeness (QED) is 0.758. The summed E-state index contributed by atoms with van der Waals surface area (Å²) < 4.78 is 28.2. The number of nitrogens with zero attached hydrogens (tertiary/aromatic N) is 2. The summed E-state index contributed by atoms with van der Waals surface area (Å²) in [6.07, 6.45) is -2.42. The van der Waals surface area contributed by atoms with Crippen LogP contribution in [0.1, 0.15) is 11.4 Å². The number of aromatic nitrogens is 2. The van der Waals surface area contributed by atoms with Crippen molar-refractivity contribution in [2.45, 2.75) is 20.3 Å². The number of anilines is 1. The molecule has 0 aromatic carbocycles. The Balaban J connectivity index is 2.26. The lowest BCUT2D eigenvalue weighted by molar-refractivity contribution is 0.0214. The van der Waals surface area contributed by atoms with Gasteiger partial charge in [-0.3, -0.25) is 0 Å². The zero-order valence-corrected chi connectivity index (χ0v) is 9.33. The maximum atomic E-state index is 11.7. The summed E-state index contributed by atoms with van der Waals surface area (Å²) >= 11 is 0. The predicted molar refractivity (Wildman–Crippen MR) is 56.8 cm³/mol. The Morgan fingerprint density at radius 2 is 1.94 bits per heavy atom. The number of rotatable bonds is 6. The molecule has 0 fully saturated rings. The normalized spacial score (nSPS) is 10.8. The van der Waals surface area contributed by atoms with Crippen LogP contribution in [0.2, 0.25) is 0 Å². The second-order valence-corrected chi connectivity index (χ2v) is 3.37. The average molecular weight is 231 g/mol. The molecule has 90 valence electrons. The minimum Gasteiger partial charge on any atom is -0.374 e. The van der Waals surface area contributed by atoms with Crippen LogP contribution >= 0.6 is 0 Å². The van der Waals surface area contributed by atoms with Gasteiger partial charge in [0.05, 0.1) is 6.61 Å². The number of hydrogen-bond acceptors (Lipinski definition) is 4. The van der Waals surface area contributed by atoms with Gasteiger partial charge in [-0.1, -0.05) is 0 Å². The molecule has 1 heterocycles. The topological polar surface area (TPSA) is 47.0 Å². The summed E-state index contributed by atoms with van der Waals surface area (Å²) in [6, 6.07) is 1.86. The van der Waals surface area contributed by atoms with E-state index in [1.54, 1.807) is 0 Å². The van der Waals surface area contributed by atoms with Gasteiger partial charge in [0.25, 0.3) is 6.43 Å². The first-order valence-corrected chi connectivity index (χ1v) is 5.00. The zero-order valence-electron chi connectivity index (χ0n) is 9.33. The van der Waals surface area contributed by atoms with E-state index in [2.05, 4.69) is 15.3 Å². The minimum atomic E-state index is -2.42. The highest BCUT2D eigenvalue weighted by molar-refractivity contribution is 5.27. The number of aryl methyl sites for hydroxylation is 2. The summed E-state index contributed by atoms with van der Waals surface area (Å²) in [5.41, 5.74) is 1.73. The maximum absolute atomic E-state index is 11.7. The van der Waals surface area contributed by atoms with Crippen molar-refractivity contribution < 1.29 is 13.5 Å². The van der Waals surface area contributed by atoms with Crippen LogP contribution in [0.25, 0.3) is 0 Å². The molecule has 1 aromatic rings. The number of hydrogen-bond donors (Lipinski definition) is 1. The molecular weight excluding hydrogens is 216 g/mol. The number of halogens is 2. The van der Waals surface area contributed by atoms with Gasteiger partial charge in [0.15, 0.2) is 0 Å². The van der Waals surface area contributed by atoms with Gasteiger partial charge in [-0.2, -0.15) is 0 Å².